The molecule has 2 heteroatoms. The van der Waals surface area contributed by atoms with Gasteiger partial charge in [0.1, 0.15) is 0 Å². The highest BCUT2D eigenvalue weighted by atomic mass is 35.5. The highest BCUT2D eigenvalue weighted by Crippen LogP contribution is 2.18. The van der Waals surface area contributed by atoms with Gasteiger partial charge in [-0.05, 0) is 17.9 Å². The Hall–Kier alpha value is -0.820. The first-order valence-corrected chi connectivity index (χ1v) is 5.41. The van der Waals surface area contributed by atoms with Gasteiger partial charge in [0.2, 0.25) is 0 Å². The second kappa shape index (κ2) is 5.16. The molecular formula is C12H15ClO. The number of carbonyl (C=O) groups excluding carboxylic acids is 1. The fraction of sp³-hybridized carbons (Fsp3) is 0.417. The molecule has 0 aliphatic rings. The summed E-state index contributed by atoms with van der Waals surface area (Å²) < 4.78 is 0. The van der Waals surface area contributed by atoms with Gasteiger partial charge in [0.25, 0.3) is 0 Å². The molecule has 0 saturated carbocycles. The Labute approximate surface area is 90.1 Å². The van der Waals surface area contributed by atoms with E-state index in [1.54, 1.807) is 0 Å². The first kappa shape index (κ1) is 11.3. The molecule has 0 amide bonds. The fourth-order valence-corrected chi connectivity index (χ4v) is 1.46. The van der Waals surface area contributed by atoms with Gasteiger partial charge in [-0.2, -0.15) is 0 Å². The molecule has 1 rings (SSSR count). The van der Waals surface area contributed by atoms with Crippen LogP contribution in [-0.2, 0) is 0 Å². The average Bonchev–Trinajstić information content (AvgIpc) is 2.27. The van der Waals surface area contributed by atoms with Crippen LogP contribution in [0.5, 0.6) is 0 Å². The van der Waals surface area contributed by atoms with Crippen molar-refractivity contribution in [1.29, 1.82) is 0 Å². The summed E-state index contributed by atoms with van der Waals surface area (Å²) in [7, 11) is 0. The van der Waals surface area contributed by atoms with E-state index >= 15 is 0 Å². The molecule has 0 spiro atoms. The molecule has 0 bridgehead atoms. The predicted molar refractivity (Wildman–Crippen MR) is 60.2 cm³/mol. The third kappa shape index (κ3) is 2.58. The average molecular weight is 211 g/mol. The summed E-state index contributed by atoms with van der Waals surface area (Å²) in [6.07, 6.45) is 1.11. The molecule has 1 atom stereocenters. The van der Waals surface area contributed by atoms with E-state index in [-0.39, 0.29) is 11.7 Å². The standard InChI is InChI=1S/C12H15ClO/c1-3-9(2)10-4-6-11(7-5-10)12(14)8-13/h4-7,9H,3,8H2,1-2H3/t9-/m0/s1. The number of rotatable bonds is 4. The van der Waals surface area contributed by atoms with Crippen molar-refractivity contribution in [2.45, 2.75) is 26.2 Å². The number of Topliss-reactive ketones (excluding diaryl/α,β-unsaturated/α-hetero) is 1. The van der Waals surface area contributed by atoms with E-state index in [1.807, 2.05) is 24.3 Å². The van der Waals surface area contributed by atoms with Crippen molar-refractivity contribution in [2.75, 3.05) is 5.88 Å². The van der Waals surface area contributed by atoms with Crippen molar-refractivity contribution in [3.63, 3.8) is 0 Å². The van der Waals surface area contributed by atoms with Crippen LogP contribution >= 0.6 is 11.6 Å². The maximum Gasteiger partial charge on any atom is 0.177 e. The van der Waals surface area contributed by atoms with Gasteiger partial charge in [-0.3, -0.25) is 4.79 Å². The summed E-state index contributed by atoms with van der Waals surface area (Å²) in [6, 6.07) is 7.72. The minimum Gasteiger partial charge on any atom is -0.293 e. The zero-order chi connectivity index (χ0) is 10.6. The molecule has 1 aromatic rings. The maximum atomic E-state index is 11.2. The lowest BCUT2D eigenvalue weighted by atomic mass is 9.97. The lowest BCUT2D eigenvalue weighted by molar-refractivity contribution is 0.102. The van der Waals surface area contributed by atoms with Crippen LogP contribution in [0.25, 0.3) is 0 Å². The summed E-state index contributed by atoms with van der Waals surface area (Å²) >= 11 is 5.47. The number of halogens is 1. The Morgan fingerprint density at radius 3 is 2.36 bits per heavy atom. The van der Waals surface area contributed by atoms with Gasteiger partial charge in [0.05, 0.1) is 5.88 Å². The minimum absolute atomic E-state index is 0.0117. The van der Waals surface area contributed by atoms with Crippen molar-refractivity contribution in [3.8, 4) is 0 Å². The van der Waals surface area contributed by atoms with E-state index in [4.69, 9.17) is 11.6 Å². The summed E-state index contributed by atoms with van der Waals surface area (Å²) in [5, 5.41) is 0. The summed E-state index contributed by atoms with van der Waals surface area (Å²) in [5.41, 5.74) is 1.98. The van der Waals surface area contributed by atoms with Gasteiger partial charge in [-0.1, -0.05) is 38.1 Å². The van der Waals surface area contributed by atoms with Crippen LogP contribution in [0.2, 0.25) is 0 Å². The molecular weight excluding hydrogens is 196 g/mol. The summed E-state index contributed by atoms with van der Waals surface area (Å²) in [4.78, 5) is 11.2. The number of ketones is 1. The Bertz CT molecular complexity index is 303. The lowest BCUT2D eigenvalue weighted by Crippen LogP contribution is -2.00. The van der Waals surface area contributed by atoms with Crippen LogP contribution in [0, 0.1) is 0 Å². The van der Waals surface area contributed by atoms with E-state index in [9.17, 15) is 4.79 Å². The highest BCUT2D eigenvalue weighted by molar-refractivity contribution is 6.30. The van der Waals surface area contributed by atoms with Gasteiger partial charge in [0, 0.05) is 5.56 Å². The molecule has 76 valence electrons. The molecule has 0 saturated heterocycles. The SMILES string of the molecule is CC[C@H](C)c1ccc(C(=O)CCl)cc1. The Morgan fingerprint density at radius 1 is 1.36 bits per heavy atom. The first-order valence-electron chi connectivity index (χ1n) is 4.88. The number of hydrogen-bond donors (Lipinski definition) is 0. The molecule has 0 heterocycles. The Morgan fingerprint density at radius 2 is 1.93 bits per heavy atom. The third-order valence-electron chi connectivity index (χ3n) is 2.54. The number of hydrogen-bond acceptors (Lipinski definition) is 1. The predicted octanol–water partition coefficient (Wildman–Crippen LogP) is 3.62. The zero-order valence-electron chi connectivity index (χ0n) is 8.59. The van der Waals surface area contributed by atoms with Gasteiger partial charge < -0.3 is 0 Å². The number of alkyl halides is 1. The molecule has 14 heavy (non-hydrogen) atoms. The highest BCUT2D eigenvalue weighted by Gasteiger charge is 2.06. The second-order valence-electron chi connectivity index (χ2n) is 3.49. The first-order chi connectivity index (χ1) is 6.69. The van der Waals surface area contributed by atoms with Gasteiger partial charge in [-0.15, -0.1) is 11.6 Å². The molecule has 1 aromatic carbocycles. The van der Waals surface area contributed by atoms with Crippen LogP contribution in [-0.4, -0.2) is 11.7 Å². The van der Waals surface area contributed by atoms with E-state index in [2.05, 4.69) is 13.8 Å². The summed E-state index contributed by atoms with van der Waals surface area (Å²) in [6.45, 7) is 4.33. The van der Waals surface area contributed by atoms with Crippen LogP contribution in [0.3, 0.4) is 0 Å². The van der Waals surface area contributed by atoms with Crippen molar-refractivity contribution < 1.29 is 4.79 Å². The molecule has 0 aliphatic carbocycles. The number of carbonyl (C=O) groups is 1. The van der Waals surface area contributed by atoms with Crippen molar-refractivity contribution >= 4 is 17.4 Å². The molecule has 0 fully saturated rings. The smallest absolute Gasteiger partial charge is 0.177 e. The second-order valence-corrected chi connectivity index (χ2v) is 3.76. The van der Waals surface area contributed by atoms with Gasteiger partial charge in [0.15, 0.2) is 5.78 Å². The zero-order valence-corrected chi connectivity index (χ0v) is 9.34. The van der Waals surface area contributed by atoms with Crippen molar-refractivity contribution in [1.82, 2.24) is 0 Å². The van der Waals surface area contributed by atoms with E-state index < -0.39 is 0 Å². The van der Waals surface area contributed by atoms with Gasteiger partial charge in [-0.25, -0.2) is 0 Å². The monoisotopic (exact) mass is 210 g/mol. The van der Waals surface area contributed by atoms with E-state index in [1.165, 1.54) is 5.56 Å². The Balaban J connectivity index is 2.83. The van der Waals surface area contributed by atoms with Crippen LogP contribution < -0.4 is 0 Å². The van der Waals surface area contributed by atoms with Crippen LogP contribution in [0.15, 0.2) is 24.3 Å². The molecule has 0 aromatic heterocycles. The summed E-state index contributed by atoms with van der Waals surface area (Å²) in [5.74, 6) is 0.598. The van der Waals surface area contributed by atoms with Crippen molar-refractivity contribution in [3.05, 3.63) is 35.4 Å². The van der Waals surface area contributed by atoms with E-state index in [0.717, 1.165) is 6.42 Å². The lowest BCUT2D eigenvalue weighted by Gasteiger charge is -2.08. The minimum atomic E-state index is -0.0117. The topological polar surface area (TPSA) is 17.1 Å². The van der Waals surface area contributed by atoms with E-state index in [0.29, 0.717) is 11.5 Å². The fourth-order valence-electron chi connectivity index (χ4n) is 1.31. The maximum absolute atomic E-state index is 11.2. The van der Waals surface area contributed by atoms with Crippen molar-refractivity contribution in [2.24, 2.45) is 0 Å². The molecule has 0 N–H and O–H groups in total. The van der Waals surface area contributed by atoms with Crippen LogP contribution in [0.4, 0.5) is 0 Å². The van der Waals surface area contributed by atoms with Gasteiger partial charge >= 0.3 is 0 Å². The Kier molecular flexibility index (Phi) is 4.15. The quantitative estimate of drug-likeness (QED) is 0.548. The molecule has 1 nitrogen and oxygen atoms in total. The normalized spacial score (nSPS) is 12.5. The third-order valence-corrected chi connectivity index (χ3v) is 2.78. The molecule has 0 aliphatic heterocycles. The van der Waals surface area contributed by atoms with Crippen LogP contribution in [0.1, 0.15) is 42.1 Å². The number of benzene rings is 1. The molecule has 0 unspecified atom stereocenters. The molecule has 0 radical (unpaired) electrons. The largest absolute Gasteiger partial charge is 0.293 e.